The summed E-state index contributed by atoms with van der Waals surface area (Å²) in [7, 11) is 3.34. The van der Waals surface area contributed by atoms with E-state index in [2.05, 4.69) is 11.1 Å². The maximum absolute atomic E-state index is 8.95. The van der Waals surface area contributed by atoms with Gasteiger partial charge in [-0.25, -0.2) is 0 Å². The summed E-state index contributed by atoms with van der Waals surface area (Å²) in [6.07, 6.45) is 0. The van der Waals surface area contributed by atoms with E-state index in [-0.39, 0.29) is 0 Å². The molecule has 0 radical (unpaired) electrons. The lowest BCUT2D eigenvalue weighted by atomic mass is 11.0. The van der Waals surface area contributed by atoms with Gasteiger partial charge in [0.2, 0.25) is 0 Å². The summed E-state index contributed by atoms with van der Waals surface area (Å²) in [5.41, 5.74) is 0. The van der Waals surface area contributed by atoms with Gasteiger partial charge >= 0.3 is 8.24 Å². The predicted molar refractivity (Wildman–Crippen MR) is 34.1 cm³/mol. The lowest BCUT2D eigenvalue weighted by molar-refractivity contribution is 0.469. The molecule has 0 saturated heterocycles. The summed E-state index contributed by atoms with van der Waals surface area (Å²) in [6, 6.07) is 0. The molecule has 0 aliphatic carbocycles. The first kappa shape index (κ1) is 10.9. The van der Waals surface area contributed by atoms with Gasteiger partial charge in [0.15, 0.2) is 0 Å². The SMILES string of the molecule is CN(C)C.O=[Si](O)Cl. The van der Waals surface area contributed by atoms with Crippen LogP contribution >= 0.6 is 11.1 Å². The number of hydrogen-bond donors (Lipinski definition) is 1. The number of halogens is 1. The molecule has 3 nitrogen and oxygen atoms in total. The Morgan fingerprint density at radius 1 is 1.50 bits per heavy atom. The molecule has 50 valence electrons. The second kappa shape index (κ2) is 7.07. The van der Waals surface area contributed by atoms with Gasteiger partial charge in [0.1, 0.15) is 0 Å². The van der Waals surface area contributed by atoms with Crippen molar-refractivity contribution in [3.05, 3.63) is 0 Å². The highest BCUT2D eigenvalue weighted by Crippen LogP contribution is 1.58. The Hall–Kier alpha value is 0.0669. The average molecular weight is 156 g/mol. The minimum atomic E-state index is -2.66. The molecule has 0 aliphatic heterocycles. The van der Waals surface area contributed by atoms with Crippen molar-refractivity contribution in [1.29, 1.82) is 0 Å². The Bertz CT molecular complexity index is 61.5. The Labute approximate surface area is 55.4 Å². The molecule has 0 spiro atoms. The number of hydrogen-bond acceptors (Lipinski definition) is 2. The molecule has 0 atom stereocenters. The van der Waals surface area contributed by atoms with Crippen molar-refractivity contribution in [2.24, 2.45) is 0 Å². The van der Waals surface area contributed by atoms with Crippen LogP contribution in [-0.4, -0.2) is 39.1 Å². The van der Waals surface area contributed by atoms with Gasteiger partial charge in [-0.3, -0.25) is 0 Å². The Kier molecular flexibility index (Phi) is 9.67. The van der Waals surface area contributed by atoms with Crippen LogP contribution in [0.4, 0.5) is 0 Å². The van der Waals surface area contributed by atoms with Crippen LogP contribution in [0.5, 0.6) is 0 Å². The lowest BCUT2D eigenvalue weighted by Crippen LogP contribution is -1.99. The van der Waals surface area contributed by atoms with Crippen LogP contribution in [0.2, 0.25) is 0 Å². The van der Waals surface area contributed by atoms with Gasteiger partial charge in [-0.15, -0.1) is 0 Å². The van der Waals surface area contributed by atoms with E-state index >= 15 is 0 Å². The van der Waals surface area contributed by atoms with Crippen molar-refractivity contribution in [3.8, 4) is 0 Å². The summed E-state index contributed by atoms with van der Waals surface area (Å²) < 4.78 is 8.95. The molecular weight excluding hydrogens is 146 g/mol. The maximum atomic E-state index is 8.95. The van der Waals surface area contributed by atoms with E-state index < -0.39 is 8.24 Å². The van der Waals surface area contributed by atoms with Gasteiger partial charge in [0, 0.05) is 0 Å². The van der Waals surface area contributed by atoms with Crippen LogP contribution in [-0.2, 0) is 4.46 Å². The van der Waals surface area contributed by atoms with E-state index in [4.69, 9.17) is 9.26 Å². The molecule has 0 aliphatic rings. The van der Waals surface area contributed by atoms with Crippen molar-refractivity contribution in [1.82, 2.24) is 4.90 Å². The average Bonchev–Trinajstić information content (AvgIpc) is 1.25. The van der Waals surface area contributed by atoms with Crippen molar-refractivity contribution in [3.63, 3.8) is 0 Å². The summed E-state index contributed by atoms with van der Waals surface area (Å²) in [6.45, 7) is 0. The molecule has 0 saturated carbocycles. The fraction of sp³-hybridized carbons (Fsp3) is 1.00. The minimum Gasteiger partial charge on any atom is -0.529 e. The molecule has 0 aromatic rings. The van der Waals surface area contributed by atoms with Crippen LogP contribution in [0.3, 0.4) is 0 Å². The Morgan fingerprint density at radius 3 is 1.50 bits per heavy atom. The maximum Gasteiger partial charge on any atom is 0.616 e. The lowest BCUT2D eigenvalue weighted by Gasteiger charge is -1.90. The molecule has 0 heterocycles. The predicted octanol–water partition coefficient (Wildman–Crippen LogP) is -0.189. The topological polar surface area (TPSA) is 40.5 Å². The highest BCUT2D eigenvalue weighted by atomic mass is 35.6. The molecule has 0 amide bonds. The van der Waals surface area contributed by atoms with Crippen LogP contribution in [0, 0.1) is 0 Å². The molecule has 0 aromatic carbocycles. The zero-order valence-corrected chi connectivity index (χ0v) is 6.94. The highest BCUT2D eigenvalue weighted by Gasteiger charge is 1.82. The van der Waals surface area contributed by atoms with E-state index in [1.807, 2.05) is 26.0 Å². The summed E-state index contributed by atoms with van der Waals surface area (Å²) in [5, 5.41) is 0. The minimum absolute atomic E-state index is 2.00. The Balaban J connectivity index is 0. The van der Waals surface area contributed by atoms with Crippen LogP contribution in [0.25, 0.3) is 0 Å². The molecule has 1 N–H and O–H groups in total. The molecular formula is C3H10ClNO2Si. The van der Waals surface area contributed by atoms with Gasteiger partial charge in [-0.05, 0) is 32.2 Å². The highest BCUT2D eigenvalue weighted by molar-refractivity contribution is 6.93. The molecule has 0 rings (SSSR count). The first-order valence-corrected chi connectivity index (χ1v) is 4.33. The third-order valence-electron chi connectivity index (χ3n) is 0. The summed E-state index contributed by atoms with van der Waals surface area (Å²) in [4.78, 5) is 9.37. The third kappa shape index (κ3) is 34800. The molecule has 5 heteroatoms. The second-order valence-corrected chi connectivity index (χ2v) is 3.07. The smallest absolute Gasteiger partial charge is 0.529 e. The zero-order chi connectivity index (χ0) is 7.15. The van der Waals surface area contributed by atoms with Crippen LogP contribution < -0.4 is 0 Å². The van der Waals surface area contributed by atoms with Crippen molar-refractivity contribution in [2.45, 2.75) is 0 Å². The molecule has 0 bridgehead atoms. The first-order valence-electron chi connectivity index (χ1n) is 1.96. The largest absolute Gasteiger partial charge is 0.616 e. The third-order valence-corrected chi connectivity index (χ3v) is 0. The molecule has 0 fully saturated rings. The van der Waals surface area contributed by atoms with Crippen molar-refractivity contribution >= 4 is 19.3 Å². The van der Waals surface area contributed by atoms with Crippen molar-refractivity contribution < 1.29 is 9.26 Å². The summed E-state index contributed by atoms with van der Waals surface area (Å²) in [5.74, 6) is 0. The molecule has 8 heavy (non-hydrogen) atoms. The number of nitrogens with zero attached hydrogens (tertiary/aromatic N) is 1. The quantitative estimate of drug-likeness (QED) is 0.390. The molecule has 0 aromatic heterocycles. The second-order valence-electron chi connectivity index (χ2n) is 1.59. The van der Waals surface area contributed by atoms with E-state index in [9.17, 15) is 0 Å². The monoisotopic (exact) mass is 155 g/mol. The van der Waals surface area contributed by atoms with Crippen molar-refractivity contribution in [2.75, 3.05) is 21.1 Å². The van der Waals surface area contributed by atoms with Gasteiger partial charge in [-0.1, -0.05) is 0 Å². The normalized spacial score (nSPS) is 7.62. The van der Waals surface area contributed by atoms with Gasteiger partial charge in [-0.2, -0.15) is 0 Å². The zero-order valence-electron chi connectivity index (χ0n) is 5.18. The first-order chi connectivity index (χ1) is 3.46. The van der Waals surface area contributed by atoms with Gasteiger partial charge in [0.05, 0.1) is 0 Å². The van der Waals surface area contributed by atoms with E-state index in [0.717, 1.165) is 0 Å². The fourth-order valence-corrected chi connectivity index (χ4v) is 0. The Morgan fingerprint density at radius 2 is 1.50 bits per heavy atom. The fourth-order valence-electron chi connectivity index (χ4n) is 0. The van der Waals surface area contributed by atoms with E-state index in [1.54, 1.807) is 0 Å². The standard InChI is InChI=1S/C3H9N.ClHO2Si/c2*1-4(2)3/h1-3H3;2H. The summed E-state index contributed by atoms with van der Waals surface area (Å²) >= 11 is 4.38. The van der Waals surface area contributed by atoms with Crippen LogP contribution in [0.1, 0.15) is 0 Å². The van der Waals surface area contributed by atoms with Crippen LogP contribution in [0.15, 0.2) is 0 Å². The van der Waals surface area contributed by atoms with Gasteiger partial charge < -0.3 is 14.2 Å². The molecule has 0 unspecified atom stereocenters. The van der Waals surface area contributed by atoms with E-state index in [0.29, 0.717) is 0 Å². The van der Waals surface area contributed by atoms with Gasteiger partial charge in [0.25, 0.3) is 0 Å². The van der Waals surface area contributed by atoms with E-state index in [1.165, 1.54) is 0 Å². The number of rotatable bonds is 0.